The first-order chi connectivity index (χ1) is 7.42. The number of likely N-dealkylation sites (tertiary alicyclic amines) is 1. The molecule has 0 amide bonds. The zero-order valence-corrected chi connectivity index (χ0v) is 9.96. The summed E-state index contributed by atoms with van der Waals surface area (Å²) in [7, 11) is 0. The number of nitrogens with two attached hydrogens (primary N) is 1. The Bertz CT molecular complexity index is 175. The van der Waals surface area contributed by atoms with Gasteiger partial charge in [-0.1, -0.05) is 32.1 Å². The molecule has 0 aromatic carbocycles. The summed E-state index contributed by atoms with van der Waals surface area (Å²) in [5.74, 6) is 0. The molecular formula is C13H26N2. The van der Waals surface area contributed by atoms with E-state index in [1.54, 1.807) is 0 Å². The van der Waals surface area contributed by atoms with Crippen molar-refractivity contribution in [3.63, 3.8) is 0 Å². The van der Waals surface area contributed by atoms with Gasteiger partial charge in [0.2, 0.25) is 0 Å². The summed E-state index contributed by atoms with van der Waals surface area (Å²) < 4.78 is 0. The van der Waals surface area contributed by atoms with E-state index < -0.39 is 0 Å². The second kappa shape index (κ2) is 5.86. The molecule has 0 aromatic rings. The summed E-state index contributed by atoms with van der Waals surface area (Å²) in [5.41, 5.74) is 5.93. The van der Waals surface area contributed by atoms with Gasteiger partial charge in [-0.15, -0.1) is 0 Å². The highest BCUT2D eigenvalue weighted by Crippen LogP contribution is 2.27. The first-order valence-corrected chi connectivity index (χ1v) is 6.87. The van der Waals surface area contributed by atoms with E-state index in [9.17, 15) is 0 Å². The molecule has 2 N–H and O–H groups in total. The fourth-order valence-corrected chi connectivity index (χ4v) is 3.35. The highest BCUT2D eigenvalue weighted by molar-refractivity contribution is 4.84. The summed E-state index contributed by atoms with van der Waals surface area (Å²) >= 11 is 0. The molecule has 0 aromatic heterocycles. The number of hydrogen-bond donors (Lipinski definition) is 1. The number of hydrogen-bond acceptors (Lipinski definition) is 2. The minimum absolute atomic E-state index is 0.690. The molecule has 2 aliphatic rings. The van der Waals surface area contributed by atoms with Crippen molar-refractivity contribution in [2.24, 2.45) is 5.73 Å². The van der Waals surface area contributed by atoms with Crippen LogP contribution >= 0.6 is 0 Å². The predicted molar refractivity (Wildman–Crippen MR) is 64.9 cm³/mol. The quantitative estimate of drug-likeness (QED) is 0.759. The van der Waals surface area contributed by atoms with E-state index in [1.165, 1.54) is 64.3 Å². The molecule has 0 spiro atoms. The molecule has 1 saturated carbocycles. The second-order valence-corrected chi connectivity index (χ2v) is 5.27. The molecular weight excluding hydrogens is 184 g/mol. The first-order valence-electron chi connectivity index (χ1n) is 6.87. The van der Waals surface area contributed by atoms with E-state index in [0.717, 1.165) is 12.6 Å². The molecule has 0 bridgehead atoms. The zero-order chi connectivity index (χ0) is 10.5. The van der Waals surface area contributed by atoms with Crippen molar-refractivity contribution in [2.75, 3.05) is 13.1 Å². The van der Waals surface area contributed by atoms with Gasteiger partial charge >= 0.3 is 0 Å². The van der Waals surface area contributed by atoms with Crippen LogP contribution in [0.25, 0.3) is 0 Å². The van der Waals surface area contributed by atoms with E-state index >= 15 is 0 Å². The molecule has 2 nitrogen and oxygen atoms in total. The summed E-state index contributed by atoms with van der Waals surface area (Å²) in [5, 5.41) is 0. The predicted octanol–water partition coefficient (Wildman–Crippen LogP) is 2.52. The lowest BCUT2D eigenvalue weighted by molar-refractivity contribution is 0.110. The average molecular weight is 210 g/mol. The molecule has 2 fully saturated rings. The van der Waals surface area contributed by atoms with Gasteiger partial charge in [-0.2, -0.15) is 0 Å². The van der Waals surface area contributed by atoms with Crippen molar-refractivity contribution >= 4 is 0 Å². The Labute approximate surface area is 94.2 Å². The molecule has 15 heavy (non-hydrogen) atoms. The lowest BCUT2D eigenvalue weighted by Gasteiger charge is -2.38. The smallest absolute Gasteiger partial charge is 0.0221 e. The second-order valence-electron chi connectivity index (χ2n) is 5.27. The van der Waals surface area contributed by atoms with Crippen LogP contribution in [0.15, 0.2) is 0 Å². The Morgan fingerprint density at radius 3 is 2.27 bits per heavy atom. The summed E-state index contributed by atoms with van der Waals surface area (Å²) in [6.07, 6.45) is 12.7. The molecule has 88 valence electrons. The van der Waals surface area contributed by atoms with Gasteiger partial charge in [0.05, 0.1) is 0 Å². The van der Waals surface area contributed by atoms with Gasteiger partial charge in [0.1, 0.15) is 0 Å². The Balaban J connectivity index is 1.95. The molecule has 1 aliphatic heterocycles. The molecule has 2 rings (SSSR count). The van der Waals surface area contributed by atoms with Crippen LogP contribution in [-0.4, -0.2) is 30.1 Å². The minimum Gasteiger partial charge on any atom is -0.329 e. The summed E-state index contributed by atoms with van der Waals surface area (Å²) in [6, 6.07) is 1.56. The third kappa shape index (κ3) is 2.94. The van der Waals surface area contributed by atoms with E-state index in [2.05, 4.69) is 4.90 Å². The van der Waals surface area contributed by atoms with Crippen LogP contribution < -0.4 is 5.73 Å². The maximum Gasteiger partial charge on any atom is 0.0221 e. The van der Waals surface area contributed by atoms with Crippen LogP contribution in [0.3, 0.4) is 0 Å². The highest BCUT2D eigenvalue weighted by Gasteiger charge is 2.27. The normalized spacial score (nSPS) is 31.4. The Morgan fingerprint density at radius 1 is 0.867 bits per heavy atom. The van der Waals surface area contributed by atoms with Gasteiger partial charge in [-0.05, 0) is 32.2 Å². The van der Waals surface area contributed by atoms with E-state index in [4.69, 9.17) is 5.73 Å². The SMILES string of the molecule is NCC1CCCCCN1C1CCCCC1. The monoisotopic (exact) mass is 210 g/mol. The fourth-order valence-electron chi connectivity index (χ4n) is 3.35. The Kier molecular flexibility index (Phi) is 4.45. The van der Waals surface area contributed by atoms with E-state index in [-0.39, 0.29) is 0 Å². The van der Waals surface area contributed by atoms with Crippen LogP contribution in [0.2, 0.25) is 0 Å². The lowest BCUT2D eigenvalue weighted by Crippen LogP contribution is -2.47. The van der Waals surface area contributed by atoms with Gasteiger partial charge in [-0.3, -0.25) is 4.90 Å². The van der Waals surface area contributed by atoms with E-state index in [1.807, 2.05) is 0 Å². The first kappa shape index (κ1) is 11.4. The van der Waals surface area contributed by atoms with Gasteiger partial charge in [0, 0.05) is 18.6 Å². The van der Waals surface area contributed by atoms with E-state index in [0.29, 0.717) is 6.04 Å². The molecule has 2 heteroatoms. The molecule has 1 atom stereocenters. The van der Waals surface area contributed by atoms with Gasteiger partial charge < -0.3 is 5.73 Å². The van der Waals surface area contributed by atoms with Crippen LogP contribution in [0.4, 0.5) is 0 Å². The molecule has 1 saturated heterocycles. The third-order valence-corrected chi connectivity index (χ3v) is 4.24. The minimum atomic E-state index is 0.690. The maximum absolute atomic E-state index is 5.93. The van der Waals surface area contributed by atoms with Crippen molar-refractivity contribution in [2.45, 2.75) is 69.9 Å². The Hall–Kier alpha value is -0.0800. The van der Waals surface area contributed by atoms with Crippen LogP contribution in [-0.2, 0) is 0 Å². The van der Waals surface area contributed by atoms with Crippen molar-refractivity contribution in [3.05, 3.63) is 0 Å². The fraction of sp³-hybridized carbons (Fsp3) is 1.00. The van der Waals surface area contributed by atoms with Gasteiger partial charge in [0.25, 0.3) is 0 Å². The lowest BCUT2D eigenvalue weighted by atomic mass is 9.93. The number of rotatable bonds is 2. The standard InChI is InChI=1S/C13H26N2/c14-11-13-9-5-2-6-10-15(13)12-7-3-1-4-8-12/h12-13H,1-11,14H2. The van der Waals surface area contributed by atoms with Gasteiger partial charge in [-0.25, -0.2) is 0 Å². The van der Waals surface area contributed by atoms with Crippen LogP contribution in [0.5, 0.6) is 0 Å². The highest BCUT2D eigenvalue weighted by atomic mass is 15.2. The third-order valence-electron chi connectivity index (χ3n) is 4.24. The molecule has 0 radical (unpaired) electrons. The largest absolute Gasteiger partial charge is 0.329 e. The average Bonchev–Trinajstić information content (AvgIpc) is 2.55. The van der Waals surface area contributed by atoms with Crippen molar-refractivity contribution in [1.82, 2.24) is 4.90 Å². The van der Waals surface area contributed by atoms with Gasteiger partial charge in [0.15, 0.2) is 0 Å². The zero-order valence-electron chi connectivity index (χ0n) is 9.96. The summed E-state index contributed by atoms with van der Waals surface area (Å²) in [6.45, 7) is 2.18. The number of nitrogens with zero attached hydrogens (tertiary/aromatic N) is 1. The van der Waals surface area contributed by atoms with Crippen molar-refractivity contribution < 1.29 is 0 Å². The van der Waals surface area contributed by atoms with Crippen molar-refractivity contribution in [3.8, 4) is 0 Å². The molecule has 1 unspecified atom stereocenters. The van der Waals surface area contributed by atoms with Crippen LogP contribution in [0.1, 0.15) is 57.8 Å². The molecule has 1 aliphatic carbocycles. The molecule has 1 heterocycles. The van der Waals surface area contributed by atoms with Crippen molar-refractivity contribution in [1.29, 1.82) is 0 Å². The van der Waals surface area contributed by atoms with Crippen LogP contribution in [0, 0.1) is 0 Å². The topological polar surface area (TPSA) is 29.3 Å². The Morgan fingerprint density at radius 2 is 1.53 bits per heavy atom. The maximum atomic E-state index is 5.93. The summed E-state index contributed by atoms with van der Waals surface area (Å²) in [4.78, 5) is 2.76.